The molecule has 1 N–H and O–H groups in total. The van der Waals surface area contributed by atoms with Gasteiger partial charge in [-0.25, -0.2) is 4.39 Å². The van der Waals surface area contributed by atoms with Crippen LogP contribution in [0.3, 0.4) is 0 Å². The van der Waals surface area contributed by atoms with Gasteiger partial charge in [-0.15, -0.1) is 0 Å². The Morgan fingerprint density at radius 2 is 1.82 bits per heavy atom. The first-order valence-corrected chi connectivity index (χ1v) is 6.84. The highest BCUT2D eigenvalue weighted by Crippen LogP contribution is 2.17. The van der Waals surface area contributed by atoms with Crippen molar-refractivity contribution in [2.75, 3.05) is 19.4 Å². The molecule has 22 heavy (non-hydrogen) atoms. The van der Waals surface area contributed by atoms with Gasteiger partial charge in [-0.1, -0.05) is 17.7 Å². The van der Waals surface area contributed by atoms with Crippen LogP contribution in [-0.4, -0.2) is 30.8 Å². The quantitative estimate of drug-likeness (QED) is 0.942. The Morgan fingerprint density at radius 3 is 2.45 bits per heavy atom. The topological polar surface area (TPSA) is 49.4 Å². The van der Waals surface area contributed by atoms with E-state index in [0.29, 0.717) is 11.3 Å². The molecule has 0 saturated heterocycles. The summed E-state index contributed by atoms with van der Waals surface area (Å²) in [5.41, 5.74) is 1.05. The molecular formula is C16H14ClFN2O2. The lowest BCUT2D eigenvalue weighted by atomic mass is 10.1. The standard InChI is InChI=1S/C16H14ClFN2O2/c1-20(2)16(22)11-4-3-5-12(8-11)19-15(21)10-6-7-13(17)14(18)9-10/h3-9H,1-2H3,(H,19,21). The van der Waals surface area contributed by atoms with Crippen LogP contribution in [0.1, 0.15) is 20.7 Å². The van der Waals surface area contributed by atoms with Crippen molar-refractivity contribution in [1.29, 1.82) is 0 Å². The number of benzene rings is 2. The molecule has 0 aromatic heterocycles. The smallest absolute Gasteiger partial charge is 0.255 e. The van der Waals surface area contributed by atoms with E-state index in [0.717, 1.165) is 6.07 Å². The lowest BCUT2D eigenvalue weighted by molar-refractivity contribution is 0.0827. The summed E-state index contributed by atoms with van der Waals surface area (Å²) in [5, 5.41) is 2.57. The van der Waals surface area contributed by atoms with Crippen molar-refractivity contribution in [3.63, 3.8) is 0 Å². The summed E-state index contributed by atoms with van der Waals surface area (Å²) in [6.45, 7) is 0. The number of anilines is 1. The van der Waals surface area contributed by atoms with Crippen molar-refractivity contribution in [2.45, 2.75) is 0 Å². The first-order chi connectivity index (χ1) is 10.4. The number of carbonyl (C=O) groups excluding carboxylic acids is 2. The Labute approximate surface area is 132 Å². The largest absolute Gasteiger partial charge is 0.345 e. The van der Waals surface area contributed by atoms with Gasteiger partial charge in [0.25, 0.3) is 11.8 Å². The summed E-state index contributed by atoms with van der Waals surface area (Å²) < 4.78 is 13.4. The van der Waals surface area contributed by atoms with Crippen molar-refractivity contribution in [2.24, 2.45) is 0 Å². The highest BCUT2D eigenvalue weighted by molar-refractivity contribution is 6.30. The number of carbonyl (C=O) groups is 2. The first kappa shape index (κ1) is 16.0. The average Bonchev–Trinajstić information content (AvgIpc) is 2.49. The number of hydrogen-bond acceptors (Lipinski definition) is 2. The molecule has 0 aliphatic carbocycles. The van der Waals surface area contributed by atoms with Gasteiger partial charge in [-0.05, 0) is 36.4 Å². The minimum absolute atomic E-state index is 0.0462. The third-order valence-corrected chi connectivity index (χ3v) is 3.26. The fraction of sp³-hybridized carbons (Fsp3) is 0.125. The van der Waals surface area contributed by atoms with Crippen molar-refractivity contribution in [1.82, 2.24) is 4.90 Å². The van der Waals surface area contributed by atoms with Gasteiger partial charge < -0.3 is 10.2 Å². The van der Waals surface area contributed by atoms with E-state index in [4.69, 9.17) is 11.6 Å². The molecular weight excluding hydrogens is 307 g/mol. The number of nitrogens with zero attached hydrogens (tertiary/aromatic N) is 1. The predicted octanol–water partition coefficient (Wildman–Crippen LogP) is 3.43. The van der Waals surface area contributed by atoms with E-state index in [1.807, 2.05) is 0 Å². The van der Waals surface area contributed by atoms with E-state index < -0.39 is 11.7 Å². The molecule has 4 nitrogen and oxygen atoms in total. The molecule has 0 unspecified atom stereocenters. The van der Waals surface area contributed by atoms with Crippen molar-refractivity contribution < 1.29 is 14.0 Å². The van der Waals surface area contributed by atoms with Crippen LogP contribution in [0.4, 0.5) is 10.1 Å². The first-order valence-electron chi connectivity index (χ1n) is 6.46. The lowest BCUT2D eigenvalue weighted by Gasteiger charge is -2.11. The fourth-order valence-electron chi connectivity index (χ4n) is 1.83. The number of amides is 2. The highest BCUT2D eigenvalue weighted by atomic mass is 35.5. The van der Waals surface area contributed by atoms with Gasteiger partial charge in [0.2, 0.25) is 0 Å². The molecule has 0 aliphatic rings. The third kappa shape index (κ3) is 3.62. The van der Waals surface area contributed by atoms with Crippen molar-refractivity contribution in [3.8, 4) is 0 Å². The number of halogens is 2. The van der Waals surface area contributed by atoms with Gasteiger partial charge in [-0.2, -0.15) is 0 Å². The summed E-state index contributed by atoms with van der Waals surface area (Å²) in [5.74, 6) is -1.32. The van der Waals surface area contributed by atoms with Crippen LogP contribution in [0.15, 0.2) is 42.5 Å². The van der Waals surface area contributed by atoms with Crippen LogP contribution in [-0.2, 0) is 0 Å². The summed E-state index contributed by atoms with van der Waals surface area (Å²) in [7, 11) is 3.29. The number of hydrogen-bond donors (Lipinski definition) is 1. The molecule has 0 bridgehead atoms. The summed E-state index contributed by atoms with van der Waals surface area (Å²) in [6.07, 6.45) is 0. The second-order valence-corrected chi connectivity index (χ2v) is 5.27. The van der Waals surface area contributed by atoms with Crippen LogP contribution in [0, 0.1) is 5.82 Å². The maximum absolute atomic E-state index is 13.4. The Morgan fingerprint density at radius 1 is 1.09 bits per heavy atom. The molecule has 0 heterocycles. The van der Waals surface area contributed by atoms with Crippen molar-refractivity contribution in [3.05, 3.63) is 64.4 Å². The van der Waals surface area contributed by atoms with Crippen LogP contribution in [0.25, 0.3) is 0 Å². The van der Waals surface area contributed by atoms with Crippen LogP contribution < -0.4 is 5.32 Å². The maximum Gasteiger partial charge on any atom is 0.255 e. The summed E-state index contributed by atoms with van der Waals surface area (Å²) in [6, 6.07) is 10.3. The minimum Gasteiger partial charge on any atom is -0.345 e. The Hall–Kier alpha value is -2.40. The van der Waals surface area contributed by atoms with Gasteiger partial charge in [0, 0.05) is 30.9 Å². The predicted molar refractivity (Wildman–Crippen MR) is 83.8 cm³/mol. The number of rotatable bonds is 3. The zero-order chi connectivity index (χ0) is 16.3. The van der Waals surface area contributed by atoms with Gasteiger partial charge >= 0.3 is 0 Å². The second-order valence-electron chi connectivity index (χ2n) is 4.86. The second kappa shape index (κ2) is 6.58. The molecule has 2 aromatic rings. The SMILES string of the molecule is CN(C)C(=O)c1cccc(NC(=O)c2ccc(Cl)c(F)c2)c1. The molecule has 114 valence electrons. The molecule has 0 radical (unpaired) electrons. The summed E-state index contributed by atoms with van der Waals surface area (Å²) >= 11 is 5.58. The molecule has 0 aliphatic heterocycles. The van der Waals surface area contributed by atoms with E-state index >= 15 is 0 Å². The normalized spacial score (nSPS) is 10.2. The zero-order valence-corrected chi connectivity index (χ0v) is 12.8. The third-order valence-electron chi connectivity index (χ3n) is 2.96. The Kier molecular flexibility index (Phi) is 4.78. The average molecular weight is 321 g/mol. The van der Waals surface area contributed by atoms with Gasteiger partial charge in [0.05, 0.1) is 5.02 Å². The van der Waals surface area contributed by atoms with Crippen LogP contribution in [0.5, 0.6) is 0 Å². The van der Waals surface area contributed by atoms with Crippen LogP contribution >= 0.6 is 11.6 Å². The van der Waals surface area contributed by atoms with E-state index in [-0.39, 0.29) is 16.5 Å². The Bertz CT molecular complexity index is 732. The van der Waals surface area contributed by atoms with Gasteiger partial charge in [0.15, 0.2) is 0 Å². The molecule has 2 aromatic carbocycles. The zero-order valence-electron chi connectivity index (χ0n) is 12.1. The molecule has 6 heteroatoms. The molecule has 2 amide bonds. The molecule has 0 atom stereocenters. The molecule has 0 saturated carbocycles. The highest BCUT2D eigenvalue weighted by Gasteiger charge is 2.12. The molecule has 0 spiro atoms. The lowest BCUT2D eigenvalue weighted by Crippen LogP contribution is -2.22. The van der Waals surface area contributed by atoms with Crippen molar-refractivity contribution >= 4 is 29.1 Å². The van der Waals surface area contributed by atoms with E-state index in [2.05, 4.69) is 5.32 Å². The number of nitrogens with one attached hydrogen (secondary N) is 1. The minimum atomic E-state index is -0.661. The summed E-state index contributed by atoms with van der Waals surface area (Å²) in [4.78, 5) is 25.4. The van der Waals surface area contributed by atoms with Gasteiger partial charge in [-0.3, -0.25) is 9.59 Å². The van der Waals surface area contributed by atoms with Crippen LogP contribution in [0.2, 0.25) is 5.02 Å². The van der Waals surface area contributed by atoms with Gasteiger partial charge in [0.1, 0.15) is 5.82 Å². The maximum atomic E-state index is 13.4. The molecule has 0 fully saturated rings. The van der Waals surface area contributed by atoms with E-state index in [1.54, 1.807) is 38.4 Å². The van der Waals surface area contributed by atoms with E-state index in [9.17, 15) is 14.0 Å². The fourth-order valence-corrected chi connectivity index (χ4v) is 1.95. The molecule has 2 rings (SSSR count). The van der Waals surface area contributed by atoms with E-state index in [1.165, 1.54) is 17.0 Å². The monoisotopic (exact) mass is 320 g/mol. The Balaban J connectivity index is 2.19.